The molecule has 5 heteroatoms. The number of hydrogen-bond acceptors (Lipinski definition) is 4. The molecule has 0 bridgehead atoms. The largest absolute Gasteiger partial charge is 0.481 e. The molecular formula is C26H40O5. The lowest BCUT2D eigenvalue weighted by Crippen LogP contribution is -2.23. The summed E-state index contributed by atoms with van der Waals surface area (Å²) in [4.78, 5) is 11.2. The number of aliphatic hydroxyl groups excluding tert-OH is 1. The Morgan fingerprint density at radius 2 is 1.16 bits per heavy atom. The van der Waals surface area contributed by atoms with E-state index >= 15 is 0 Å². The van der Waals surface area contributed by atoms with Gasteiger partial charge < -0.3 is 19.0 Å². The molecule has 174 valence electrons. The number of aliphatic carboxylic acids is 1. The van der Waals surface area contributed by atoms with Crippen molar-refractivity contribution in [3.8, 4) is 0 Å². The monoisotopic (exact) mass is 432 g/mol. The summed E-state index contributed by atoms with van der Waals surface area (Å²) in [5.74, 6) is 3.21. The maximum atomic E-state index is 11.2. The molecule has 0 aromatic carbocycles. The molecule has 0 unspecified atom stereocenters. The van der Waals surface area contributed by atoms with Crippen LogP contribution in [0.3, 0.4) is 0 Å². The fraction of sp³-hybridized carbons (Fsp3) is 0.654. The third kappa shape index (κ3) is 8.94. The van der Waals surface area contributed by atoms with Crippen molar-refractivity contribution < 1.29 is 23.8 Å². The van der Waals surface area contributed by atoms with E-state index in [1.54, 1.807) is 13.8 Å². The van der Waals surface area contributed by atoms with Gasteiger partial charge >= 0.3 is 5.97 Å². The maximum absolute atomic E-state index is 11.2. The van der Waals surface area contributed by atoms with Gasteiger partial charge in [0.05, 0.1) is 5.41 Å². The summed E-state index contributed by atoms with van der Waals surface area (Å²) in [7, 11) is 0. The van der Waals surface area contributed by atoms with Crippen LogP contribution in [0.25, 0.3) is 0 Å². The van der Waals surface area contributed by atoms with Crippen LogP contribution in [-0.4, -0.2) is 22.8 Å². The van der Waals surface area contributed by atoms with Crippen LogP contribution < -0.4 is 0 Å². The number of hydrogen-bond donors (Lipinski definition) is 2. The van der Waals surface area contributed by atoms with E-state index in [9.17, 15) is 15.0 Å². The van der Waals surface area contributed by atoms with Gasteiger partial charge in [0.25, 0.3) is 0 Å². The Balaban J connectivity index is 1.66. The molecule has 2 aromatic rings. The highest BCUT2D eigenvalue weighted by atomic mass is 16.4. The van der Waals surface area contributed by atoms with E-state index in [2.05, 4.69) is 26.0 Å². The Kier molecular flexibility index (Phi) is 9.42. The molecular weight excluding hydrogens is 392 g/mol. The number of furan rings is 2. The van der Waals surface area contributed by atoms with Gasteiger partial charge in [-0.2, -0.15) is 0 Å². The maximum Gasteiger partial charge on any atom is 0.309 e. The first-order valence-electron chi connectivity index (χ1n) is 11.6. The first-order valence-corrected chi connectivity index (χ1v) is 11.6. The molecule has 5 nitrogen and oxygen atoms in total. The lowest BCUT2D eigenvalue weighted by molar-refractivity contribution is -0.147. The molecule has 0 fully saturated rings. The zero-order valence-electron chi connectivity index (χ0n) is 19.7. The third-order valence-corrected chi connectivity index (χ3v) is 6.06. The Bertz CT molecular complexity index is 796. The second-order valence-electron chi connectivity index (χ2n) is 10.2. The molecule has 0 atom stereocenters. The summed E-state index contributed by atoms with van der Waals surface area (Å²) in [5.41, 5.74) is -0.655. The van der Waals surface area contributed by atoms with Crippen molar-refractivity contribution >= 4 is 5.97 Å². The number of carbonyl (C=O) groups is 1. The zero-order valence-corrected chi connectivity index (χ0v) is 19.7. The van der Waals surface area contributed by atoms with Crippen molar-refractivity contribution in [2.24, 2.45) is 10.8 Å². The molecule has 2 rings (SSSR count). The number of carboxylic acids is 1. The fourth-order valence-corrected chi connectivity index (χ4v) is 3.58. The zero-order chi connectivity index (χ0) is 22.9. The smallest absolute Gasteiger partial charge is 0.309 e. The summed E-state index contributed by atoms with van der Waals surface area (Å²) in [6, 6.07) is 8.18. The normalized spacial score (nSPS) is 12.4. The van der Waals surface area contributed by atoms with Crippen molar-refractivity contribution in [1.29, 1.82) is 0 Å². The first-order chi connectivity index (χ1) is 14.6. The van der Waals surface area contributed by atoms with Crippen molar-refractivity contribution in [3.63, 3.8) is 0 Å². The predicted molar refractivity (Wildman–Crippen MR) is 122 cm³/mol. The van der Waals surface area contributed by atoms with Crippen LogP contribution in [0.4, 0.5) is 0 Å². The van der Waals surface area contributed by atoms with Gasteiger partial charge in [0.2, 0.25) is 0 Å². The summed E-state index contributed by atoms with van der Waals surface area (Å²) in [6.45, 7) is 7.97. The number of rotatable bonds is 15. The van der Waals surface area contributed by atoms with Gasteiger partial charge in [-0.3, -0.25) is 4.79 Å². The van der Waals surface area contributed by atoms with Crippen LogP contribution in [0.1, 0.15) is 89.3 Å². The quantitative estimate of drug-likeness (QED) is 0.327. The van der Waals surface area contributed by atoms with Gasteiger partial charge in [-0.15, -0.1) is 0 Å². The Hall–Kier alpha value is -2.01. The highest BCUT2D eigenvalue weighted by Gasteiger charge is 2.26. The average Bonchev–Trinajstić information content (AvgIpc) is 3.36. The van der Waals surface area contributed by atoms with E-state index in [-0.39, 0.29) is 12.0 Å². The summed E-state index contributed by atoms with van der Waals surface area (Å²) in [5, 5.41) is 18.5. The highest BCUT2D eigenvalue weighted by Crippen LogP contribution is 2.25. The molecule has 0 saturated heterocycles. The molecule has 2 aromatic heterocycles. The fourth-order valence-electron chi connectivity index (χ4n) is 3.58. The molecule has 0 saturated carbocycles. The molecule has 0 amide bonds. The van der Waals surface area contributed by atoms with Crippen LogP contribution in [0.5, 0.6) is 0 Å². The van der Waals surface area contributed by atoms with Crippen molar-refractivity contribution in [2.75, 3.05) is 6.61 Å². The number of unbranched alkanes of at least 4 members (excludes halogenated alkanes) is 2. The van der Waals surface area contributed by atoms with Crippen molar-refractivity contribution in [1.82, 2.24) is 0 Å². The number of carboxylic acid groups (broad SMARTS) is 1. The molecule has 0 radical (unpaired) electrons. The number of aliphatic hydroxyl groups is 1. The second-order valence-corrected chi connectivity index (χ2v) is 10.2. The Labute approximate surface area is 186 Å². The first kappa shape index (κ1) is 25.3. The van der Waals surface area contributed by atoms with Gasteiger partial charge in [-0.05, 0) is 69.2 Å². The van der Waals surface area contributed by atoms with Gasteiger partial charge in [-0.25, -0.2) is 0 Å². The van der Waals surface area contributed by atoms with Gasteiger partial charge in [-0.1, -0.05) is 26.7 Å². The predicted octanol–water partition coefficient (Wildman–Crippen LogP) is 6.21. The standard InChI is InChI=1S/C26H40O5/c1-25(2,19-27)17-7-5-9-20-11-13-22(30-20)15-16-23-14-12-21(31-23)10-6-8-18-26(3,4)24(28)29/h11-14,27H,5-10,15-19H2,1-4H3,(H,28,29). The van der Waals surface area contributed by atoms with Crippen molar-refractivity contribution in [3.05, 3.63) is 47.3 Å². The average molecular weight is 433 g/mol. The topological polar surface area (TPSA) is 83.8 Å². The van der Waals surface area contributed by atoms with E-state index in [0.717, 1.165) is 80.8 Å². The minimum Gasteiger partial charge on any atom is -0.481 e. The van der Waals surface area contributed by atoms with E-state index in [1.807, 2.05) is 12.1 Å². The van der Waals surface area contributed by atoms with Crippen LogP contribution in [0.15, 0.2) is 33.1 Å². The highest BCUT2D eigenvalue weighted by molar-refractivity contribution is 5.73. The Morgan fingerprint density at radius 1 is 0.742 bits per heavy atom. The van der Waals surface area contributed by atoms with E-state index in [1.165, 1.54) is 0 Å². The molecule has 0 aliphatic heterocycles. The summed E-state index contributed by atoms with van der Waals surface area (Å²) >= 11 is 0. The Morgan fingerprint density at radius 3 is 1.58 bits per heavy atom. The lowest BCUT2D eigenvalue weighted by Gasteiger charge is -2.20. The lowest BCUT2D eigenvalue weighted by atomic mass is 9.87. The molecule has 0 spiro atoms. The van der Waals surface area contributed by atoms with Crippen LogP contribution in [0.2, 0.25) is 0 Å². The molecule has 0 aliphatic rings. The van der Waals surface area contributed by atoms with Gasteiger partial charge in [0.1, 0.15) is 23.0 Å². The van der Waals surface area contributed by atoms with Crippen LogP contribution >= 0.6 is 0 Å². The molecule has 2 heterocycles. The van der Waals surface area contributed by atoms with E-state index < -0.39 is 11.4 Å². The SMILES string of the molecule is CC(C)(CO)CCCCc1ccc(CCc2ccc(CCCCC(C)(C)C(=O)O)o2)o1. The van der Waals surface area contributed by atoms with Gasteiger partial charge in [0.15, 0.2) is 0 Å². The third-order valence-electron chi connectivity index (χ3n) is 6.06. The van der Waals surface area contributed by atoms with Crippen LogP contribution in [0, 0.1) is 10.8 Å². The summed E-state index contributed by atoms with van der Waals surface area (Å²) < 4.78 is 11.9. The van der Waals surface area contributed by atoms with E-state index in [0.29, 0.717) is 6.42 Å². The second kappa shape index (κ2) is 11.6. The minimum absolute atomic E-state index is 0.00524. The number of aryl methyl sites for hydroxylation is 4. The molecule has 2 N–H and O–H groups in total. The molecule has 31 heavy (non-hydrogen) atoms. The minimum atomic E-state index is -0.737. The summed E-state index contributed by atoms with van der Waals surface area (Å²) in [6.07, 6.45) is 9.07. The van der Waals surface area contributed by atoms with E-state index in [4.69, 9.17) is 8.83 Å². The van der Waals surface area contributed by atoms with Crippen molar-refractivity contribution in [2.45, 2.75) is 91.9 Å². The van der Waals surface area contributed by atoms with Gasteiger partial charge in [0, 0.05) is 32.3 Å². The molecule has 0 aliphatic carbocycles. The van der Waals surface area contributed by atoms with Crippen LogP contribution in [-0.2, 0) is 30.5 Å².